The molecule has 0 saturated carbocycles. The molecular formula is C25H37N5O5. The summed E-state index contributed by atoms with van der Waals surface area (Å²) in [7, 11) is 3.14. The number of phenols is 1. The highest BCUT2D eigenvalue weighted by Crippen LogP contribution is 2.38. The minimum absolute atomic E-state index is 0.0435. The SMILES string of the molecule is CCOC(=O)CCN1CCC[C@@H](Nc2nnc(-c3c(O)cc(OC)cc3COC)c(C)c2CN)C1. The van der Waals surface area contributed by atoms with Crippen molar-refractivity contribution in [2.24, 2.45) is 5.73 Å². The lowest BCUT2D eigenvalue weighted by Crippen LogP contribution is -2.43. The first-order valence-electron chi connectivity index (χ1n) is 12.0. The number of phenolic OH excluding ortho intramolecular Hbond substituents is 1. The van der Waals surface area contributed by atoms with Gasteiger partial charge < -0.3 is 35.3 Å². The van der Waals surface area contributed by atoms with Crippen molar-refractivity contribution in [3.05, 3.63) is 28.8 Å². The summed E-state index contributed by atoms with van der Waals surface area (Å²) in [6.07, 6.45) is 2.39. The van der Waals surface area contributed by atoms with Crippen molar-refractivity contribution in [3.8, 4) is 22.8 Å². The van der Waals surface area contributed by atoms with Gasteiger partial charge in [0.25, 0.3) is 0 Å². The first-order valence-corrected chi connectivity index (χ1v) is 12.0. The van der Waals surface area contributed by atoms with Crippen LogP contribution in [0.1, 0.15) is 42.9 Å². The van der Waals surface area contributed by atoms with Crippen molar-refractivity contribution in [2.75, 3.05) is 45.8 Å². The van der Waals surface area contributed by atoms with Gasteiger partial charge in [-0.1, -0.05) is 0 Å². The largest absolute Gasteiger partial charge is 0.507 e. The van der Waals surface area contributed by atoms with Crippen LogP contribution in [0.2, 0.25) is 0 Å². The van der Waals surface area contributed by atoms with Gasteiger partial charge in [0.15, 0.2) is 5.82 Å². The number of hydrogen-bond donors (Lipinski definition) is 3. The Kier molecular flexibility index (Phi) is 9.64. The quantitative estimate of drug-likeness (QED) is 0.406. The molecule has 1 saturated heterocycles. The second kappa shape index (κ2) is 12.7. The van der Waals surface area contributed by atoms with Gasteiger partial charge in [0.1, 0.15) is 17.2 Å². The van der Waals surface area contributed by atoms with Crippen LogP contribution in [0.4, 0.5) is 5.82 Å². The molecule has 3 rings (SSSR count). The number of likely N-dealkylation sites (tertiary alicyclic amines) is 1. The van der Waals surface area contributed by atoms with Crippen molar-refractivity contribution < 1.29 is 24.1 Å². The van der Waals surface area contributed by atoms with Gasteiger partial charge in [-0.05, 0) is 50.4 Å². The molecule has 1 atom stereocenters. The van der Waals surface area contributed by atoms with Crippen molar-refractivity contribution in [3.63, 3.8) is 0 Å². The molecule has 0 spiro atoms. The van der Waals surface area contributed by atoms with Crippen LogP contribution in [-0.4, -0.2) is 72.7 Å². The lowest BCUT2D eigenvalue weighted by atomic mass is 9.97. The van der Waals surface area contributed by atoms with Crippen LogP contribution < -0.4 is 15.8 Å². The van der Waals surface area contributed by atoms with E-state index in [9.17, 15) is 9.90 Å². The maximum absolute atomic E-state index is 11.7. The zero-order chi connectivity index (χ0) is 25.4. The Hall–Kier alpha value is -2.95. The number of methoxy groups -OCH3 is 2. The van der Waals surface area contributed by atoms with Crippen LogP contribution in [0.15, 0.2) is 12.1 Å². The molecular weight excluding hydrogens is 450 g/mol. The van der Waals surface area contributed by atoms with Gasteiger partial charge in [0, 0.05) is 50.0 Å². The van der Waals surface area contributed by atoms with Gasteiger partial charge in [-0.25, -0.2) is 0 Å². The fraction of sp³-hybridized carbons (Fsp3) is 0.560. The maximum atomic E-state index is 11.7. The van der Waals surface area contributed by atoms with Crippen molar-refractivity contribution >= 4 is 11.8 Å². The lowest BCUT2D eigenvalue weighted by Gasteiger charge is -2.33. The van der Waals surface area contributed by atoms with E-state index in [1.54, 1.807) is 20.3 Å². The second-order valence-electron chi connectivity index (χ2n) is 8.66. The minimum atomic E-state index is -0.167. The van der Waals surface area contributed by atoms with Gasteiger partial charge in [-0.15, -0.1) is 10.2 Å². The van der Waals surface area contributed by atoms with Gasteiger partial charge >= 0.3 is 5.97 Å². The molecule has 1 aliphatic heterocycles. The summed E-state index contributed by atoms with van der Waals surface area (Å²) < 4.78 is 15.7. The predicted octanol–water partition coefficient (Wildman–Crippen LogP) is 2.60. The Morgan fingerprint density at radius 1 is 1.31 bits per heavy atom. The van der Waals surface area contributed by atoms with Gasteiger partial charge in [-0.2, -0.15) is 0 Å². The van der Waals surface area contributed by atoms with Crippen LogP contribution in [-0.2, 0) is 27.4 Å². The third kappa shape index (κ3) is 6.59. The number of rotatable bonds is 11. The predicted molar refractivity (Wildman–Crippen MR) is 133 cm³/mol. The Morgan fingerprint density at radius 3 is 2.80 bits per heavy atom. The Labute approximate surface area is 206 Å². The molecule has 1 aromatic heterocycles. The highest BCUT2D eigenvalue weighted by Gasteiger charge is 2.24. The topological polar surface area (TPSA) is 132 Å². The number of ether oxygens (including phenoxy) is 3. The molecule has 35 heavy (non-hydrogen) atoms. The van der Waals surface area contributed by atoms with Crippen LogP contribution in [0.3, 0.4) is 0 Å². The molecule has 2 aromatic rings. The molecule has 2 heterocycles. The van der Waals surface area contributed by atoms with Crippen molar-refractivity contribution in [1.82, 2.24) is 15.1 Å². The molecule has 0 radical (unpaired) electrons. The van der Waals surface area contributed by atoms with Crippen molar-refractivity contribution in [1.29, 1.82) is 0 Å². The summed E-state index contributed by atoms with van der Waals surface area (Å²) in [4.78, 5) is 14.0. The average molecular weight is 488 g/mol. The number of aromatic nitrogens is 2. The number of hydrogen-bond acceptors (Lipinski definition) is 10. The summed E-state index contributed by atoms with van der Waals surface area (Å²) in [6, 6.07) is 3.53. The van der Waals surface area contributed by atoms with Gasteiger partial charge in [0.2, 0.25) is 0 Å². The maximum Gasteiger partial charge on any atom is 0.307 e. The number of anilines is 1. The normalized spacial score (nSPS) is 16.2. The fourth-order valence-corrected chi connectivity index (χ4v) is 4.53. The number of nitrogens with one attached hydrogen (secondary N) is 1. The Balaban J connectivity index is 1.82. The monoisotopic (exact) mass is 487 g/mol. The average Bonchev–Trinajstić information content (AvgIpc) is 2.84. The standard InChI is InChI=1S/C25H37N5O5/c1-5-35-22(32)8-10-30-9-6-7-18(14-30)27-25-20(13-26)16(2)24(28-29-25)23-17(15-33-3)11-19(34-4)12-21(23)31/h11-12,18,31H,5-10,13-15,26H2,1-4H3,(H,27,29)/t18-/m1/s1. The van der Waals surface area contributed by atoms with Crippen LogP contribution in [0.25, 0.3) is 11.3 Å². The lowest BCUT2D eigenvalue weighted by molar-refractivity contribution is -0.143. The Bertz CT molecular complexity index is 1020. The van der Waals surface area contributed by atoms with E-state index in [1.165, 1.54) is 0 Å². The number of carbonyl (C=O) groups excluding carboxylic acids is 1. The number of benzene rings is 1. The summed E-state index contributed by atoms with van der Waals surface area (Å²) in [6.45, 7) is 7.12. The van der Waals surface area contributed by atoms with E-state index in [-0.39, 0.29) is 30.9 Å². The van der Waals surface area contributed by atoms with Crippen LogP contribution in [0.5, 0.6) is 11.5 Å². The Morgan fingerprint density at radius 2 is 2.11 bits per heavy atom. The number of carbonyl (C=O) groups is 1. The third-order valence-electron chi connectivity index (χ3n) is 6.28. The van der Waals surface area contributed by atoms with E-state index in [0.29, 0.717) is 42.4 Å². The molecule has 0 bridgehead atoms. The van der Waals surface area contributed by atoms with E-state index >= 15 is 0 Å². The first kappa shape index (κ1) is 26.7. The van der Waals surface area contributed by atoms with Gasteiger partial charge in [-0.3, -0.25) is 4.79 Å². The molecule has 4 N–H and O–H groups in total. The zero-order valence-corrected chi connectivity index (χ0v) is 21.1. The minimum Gasteiger partial charge on any atom is -0.507 e. The summed E-state index contributed by atoms with van der Waals surface area (Å²) in [5.41, 5.74) is 9.69. The molecule has 0 amide bonds. The first-order chi connectivity index (χ1) is 16.9. The molecule has 10 heteroatoms. The molecule has 10 nitrogen and oxygen atoms in total. The van der Waals surface area contributed by atoms with E-state index < -0.39 is 0 Å². The summed E-state index contributed by atoms with van der Waals surface area (Å²) >= 11 is 0. The molecule has 1 aliphatic rings. The number of piperidine rings is 1. The van der Waals surface area contributed by atoms with Crippen LogP contribution in [0, 0.1) is 6.92 Å². The molecule has 1 aromatic carbocycles. The number of nitrogens with two attached hydrogens (primary N) is 1. The second-order valence-corrected chi connectivity index (χ2v) is 8.66. The molecule has 192 valence electrons. The highest BCUT2D eigenvalue weighted by molar-refractivity contribution is 5.76. The van der Waals surface area contributed by atoms with E-state index in [1.807, 2.05) is 19.9 Å². The van der Waals surface area contributed by atoms with E-state index in [4.69, 9.17) is 19.9 Å². The molecule has 0 aliphatic carbocycles. The highest BCUT2D eigenvalue weighted by atomic mass is 16.5. The van der Waals surface area contributed by atoms with E-state index in [2.05, 4.69) is 20.4 Å². The third-order valence-corrected chi connectivity index (χ3v) is 6.28. The van der Waals surface area contributed by atoms with Crippen LogP contribution >= 0.6 is 0 Å². The molecule has 0 unspecified atom stereocenters. The van der Waals surface area contributed by atoms with Crippen molar-refractivity contribution in [2.45, 2.75) is 52.3 Å². The van der Waals surface area contributed by atoms with E-state index in [0.717, 1.165) is 42.6 Å². The van der Waals surface area contributed by atoms with Gasteiger partial charge in [0.05, 0.1) is 26.7 Å². The number of aromatic hydroxyl groups is 1. The smallest absolute Gasteiger partial charge is 0.307 e. The number of nitrogens with zero attached hydrogens (tertiary/aromatic N) is 3. The number of esters is 1. The summed E-state index contributed by atoms with van der Waals surface area (Å²) in [5, 5.41) is 23.2. The summed E-state index contributed by atoms with van der Waals surface area (Å²) in [5.74, 6) is 1.06. The fourth-order valence-electron chi connectivity index (χ4n) is 4.53. The molecule has 1 fully saturated rings. The zero-order valence-electron chi connectivity index (χ0n) is 21.1.